The minimum Gasteiger partial charge on any atom is -0.481 e. The molecule has 114 valence electrons. The van der Waals surface area contributed by atoms with E-state index in [1.807, 2.05) is 18.2 Å². The number of rotatable bonds is 8. The molecule has 0 aliphatic heterocycles. The van der Waals surface area contributed by atoms with Gasteiger partial charge in [0.15, 0.2) is 0 Å². The van der Waals surface area contributed by atoms with Gasteiger partial charge in [-0.05, 0) is 31.2 Å². The summed E-state index contributed by atoms with van der Waals surface area (Å²) in [5.41, 5.74) is 0.895. The molecular weight excluding hydrogens is 264 g/mol. The second kappa shape index (κ2) is 7.39. The van der Waals surface area contributed by atoms with Gasteiger partial charge in [0.1, 0.15) is 5.78 Å². The van der Waals surface area contributed by atoms with Crippen molar-refractivity contribution in [3.8, 4) is 0 Å². The Bertz CT molecular complexity index is 480. The average Bonchev–Trinajstić information content (AvgIpc) is 2.85. The SMILES string of the molecule is O=C(O)CCCCCCC1(c2ccccc2)CCCC1=O. The maximum atomic E-state index is 12.4. The van der Waals surface area contributed by atoms with Crippen molar-refractivity contribution in [2.24, 2.45) is 0 Å². The number of aliphatic carboxylic acids is 1. The summed E-state index contributed by atoms with van der Waals surface area (Å²) in [6, 6.07) is 10.2. The van der Waals surface area contributed by atoms with Gasteiger partial charge >= 0.3 is 5.97 Å². The Hall–Kier alpha value is -1.64. The molecule has 0 aromatic heterocycles. The number of benzene rings is 1. The van der Waals surface area contributed by atoms with Crippen LogP contribution in [0.25, 0.3) is 0 Å². The van der Waals surface area contributed by atoms with Gasteiger partial charge in [-0.3, -0.25) is 9.59 Å². The molecule has 0 bridgehead atoms. The smallest absolute Gasteiger partial charge is 0.303 e. The zero-order chi connectivity index (χ0) is 15.1. The van der Waals surface area contributed by atoms with Crippen LogP contribution in [0.1, 0.15) is 63.4 Å². The second-order valence-electron chi connectivity index (χ2n) is 6.03. The van der Waals surface area contributed by atoms with Gasteiger partial charge in [0.05, 0.1) is 5.41 Å². The van der Waals surface area contributed by atoms with Crippen LogP contribution in [-0.2, 0) is 15.0 Å². The van der Waals surface area contributed by atoms with Gasteiger partial charge in [-0.25, -0.2) is 0 Å². The van der Waals surface area contributed by atoms with Crippen LogP contribution < -0.4 is 0 Å². The summed E-state index contributed by atoms with van der Waals surface area (Å²) in [4.78, 5) is 22.9. The number of Topliss-reactive ketones (excluding diaryl/α,β-unsaturated/α-hetero) is 1. The maximum Gasteiger partial charge on any atom is 0.303 e. The molecule has 1 aliphatic rings. The first kappa shape index (κ1) is 15.7. The Balaban J connectivity index is 1.90. The summed E-state index contributed by atoms with van der Waals surface area (Å²) in [6.45, 7) is 0. The predicted molar refractivity (Wildman–Crippen MR) is 82.3 cm³/mol. The minimum absolute atomic E-state index is 0.253. The first-order valence-electron chi connectivity index (χ1n) is 7.96. The van der Waals surface area contributed by atoms with E-state index in [0.29, 0.717) is 12.2 Å². The van der Waals surface area contributed by atoms with Gasteiger partial charge < -0.3 is 5.11 Å². The van der Waals surface area contributed by atoms with Crippen molar-refractivity contribution >= 4 is 11.8 Å². The Morgan fingerprint density at radius 2 is 1.81 bits per heavy atom. The zero-order valence-corrected chi connectivity index (χ0v) is 12.5. The molecule has 1 fully saturated rings. The van der Waals surface area contributed by atoms with Crippen LogP contribution in [0, 0.1) is 0 Å². The number of carboxylic acid groups (broad SMARTS) is 1. The molecule has 21 heavy (non-hydrogen) atoms. The largest absolute Gasteiger partial charge is 0.481 e. The van der Waals surface area contributed by atoms with Crippen LogP contribution in [-0.4, -0.2) is 16.9 Å². The van der Waals surface area contributed by atoms with Crippen LogP contribution in [0.4, 0.5) is 0 Å². The molecule has 3 nitrogen and oxygen atoms in total. The normalized spacial score (nSPS) is 21.6. The molecule has 0 amide bonds. The van der Waals surface area contributed by atoms with Crippen molar-refractivity contribution in [1.82, 2.24) is 0 Å². The lowest BCUT2D eigenvalue weighted by Crippen LogP contribution is -2.30. The molecule has 0 spiro atoms. The topological polar surface area (TPSA) is 54.4 Å². The Kier molecular flexibility index (Phi) is 5.54. The molecule has 1 aromatic rings. The van der Waals surface area contributed by atoms with Crippen molar-refractivity contribution in [3.63, 3.8) is 0 Å². The fourth-order valence-corrected chi connectivity index (χ4v) is 3.46. The zero-order valence-electron chi connectivity index (χ0n) is 12.5. The number of unbranched alkanes of at least 4 members (excludes halogenated alkanes) is 3. The van der Waals surface area contributed by atoms with Crippen LogP contribution in [0.3, 0.4) is 0 Å². The van der Waals surface area contributed by atoms with Gasteiger partial charge in [-0.1, -0.05) is 49.6 Å². The monoisotopic (exact) mass is 288 g/mol. The number of ketones is 1. The van der Waals surface area contributed by atoms with E-state index in [1.54, 1.807) is 0 Å². The Morgan fingerprint density at radius 3 is 2.43 bits per heavy atom. The molecule has 0 heterocycles. The van der Waals surface area contributed by atoms with Crippen LogP contribution >= 0.6 is 0 Å². The number of carboxylic acids is 1. The van der Waals surface area contributed by atoms with Crippen molar-refractivity contribution < 1.29 is 14.7 Å². The fraction of sp³-hybridized carbons (Fsp3) is 0.556. The molecule has 1 aromatic carbocycles. The lowest BCUT2D eigenvalue weighted by molar-refractivity contribution is -0.137. The van der Waals surface area contributed by atoms with Crippen LogP contribution in [0.15, 0.2) is 30.3 Å². The highest BCUT2D eigenvalue weighted by Gasteiger charge is 2.42. The number of carbonyl (C=O) groups is 2. The summed E-state index contributed by atoms with van der Waals surface area (Å²) < 4.78 is 0. The minimum atomic E-state index is -0.721. The highest BCUT2D eigenvalue weighted by Crippen LogP contribution is 2.42. The van der Waals surface area contributed by atoms with Crippen molar-refractivity contribution in [3.05, 3.63) is 35.9 Å². The summed E-state index contributed by atoms with van der Waals surface area (Å²) in [5, 5.41) is 8.62. The van der Waals surface area contributed by atoms with E-state index < -0.39 is 5.97 Å². The van der Waals surface area contributed by atoms with Gasteiger partial charge in [-0.2, -0.15) is 0 Å². The molecular formula is C18H24O3. The fourth-order valence-electron chi connectivity index (χ4n) is 3.46. The third-order valence-electron chi connectivity index (χ3n) is 4.61. The molecule has 2 rings (SSSR count). The van der Waals surface area contributed by atoms with E-state index in [-0.39, 0.29) is 11.8 Å². The van der Waals surface area contributed by atoms with E-state index >= 15 is 0 Å². The molecule has 1 unspecified atom stereocenters. The molecule has 1 saturated carbocycles. The van der Waals surface area contributed by atoms with Gasteiger partial charge in [0.2, 0.25) is 0 Å². The molecule has 0 radical (unpaired) electrons. The van der Waals surface area contributed by atoms with Crippen LogP contribution in [0.2, 0.25) is 0 Å². The summed E-state index contributed by atoms with van der Waals surface area (Å²) >= 11 is 0. The standard InChI is InChI=1S/C18H24O3/c19-16-11-8-14-18(16,15-9-4-3-5-10-15)13-7-2-1-6-12-17(20)21/h3-5,9-10H,1-2,6-8,11-14H2,(H,20,21). The number of carbonyl (C=O) groups excluding carboxylic acids is 1. The molecule has 1 atom stereocenters. The molecule has 1 aliphatic carbocycles. The summed E-state index contributed by atoms with van der Waals surface area (Å²) in [7, 11) is 0. The first-order valence-corrected chi connectivity index (χ1v) is 7.96. The number of hydrogen-bond donors (Lipinski definition) is 1. The maximum absolute atomic E-state index is 12.4. The van der Waals surface area contributed by atoms with Gasteiger partial charge in [0, 0.05) is 12.8 Å². The lowest BCUT2D eigenvalue weighted by Gasteiger charge is -2.28. The van der Waals surface area contributed by atoms with Gasteiger partial charge in [0.25, 0.3) is 0 Å². The average molecular weight is 288 g/mol. The highest BCUT2D eigenvalue weighted by molar-refractivity contribution is 5.92. The van der Waals surface area contributed by atoms with E-state index in [1.165, 1.54) is 0 Å². The number of hydrogen-bond acceptors (Lipinski definition) is 2. The van der Waals surface area contributed by atoms with E-state index in [4.69, 9.17) is 5.11 Å². The van der Waals surface area contributed by atoms with Crippen molar-refractivity contribution in [2.45, 2.75) is 63.2 Å². The lowest BCUT2D eigenvalue weighted by atomic mass is 9.74. The predicted octanol–water partition coefficient (Wildman–Crippen LogP) is 4.10. The van der Waals surface area contributed by atoms with Gasteiger partial charge in [-0.15, -0.1) is 0 Å². The van der Waals surface area contributed by atoms with E-state index in [2.05, 4.69) is 12.1 Å². The van der Waals surface area contributed by atoms with Crippen molar-refractivity contribution in [1.29, 1.82) is 0 Å². The first-order chi connectivity index (χ1) is 10.1. The molecule has 1 N–H and O–H groups in total. The summed E-state index contributed by atoms with van der Waals surface area (Å²) in [6.07, 6.45) is 7.50. The molecule has 3 heteroatoms. The highest BCUT2D eigenvalue weighted by atomic mass is 16.4. The van der Waals surface area contributed by atoms with Crippen molar-refractivity contribution in [2.75, 3.05) is 0 Å². The Labute approximate surface area is 126 Å². The van der Waals surface area contributed by atoms with E-state index in [9.17, 15) is 9.59 Å². The quantitative estimate of drug-likeness (QED) is 0.733. The third-order valence-corrected chi connectivity index (χ3v) is 4.61. The second-order valence-corrected chi connectivity index (χ2v) is 6.03. The third kappa shape index (κ3) is 3.93. The Morgan fingerprint density at radius 1 is 1.10 bits per heavy atom. The van der Waals surface area contributed by atoms with E-state index in [0.717, 1.165) is 50.5 Å². The van der Waals surface area contributed by atoms with Crippen LogP contribution in [0.5, 0.6) is 0 Å². The molecule has 0 saturated heterocycles. The summed E-state index contributed by atoms with van der Waals surface area (Å²) in [5.74, 6) is -0.332.